The van der Waals surface area contributed by atoms with Crippen molar-refractivity contribution in [3.05, 3.63) is 29.6 Å². The summed E-state index contributed by atoms with van der Waals surface area (Å²) in [4.78, 5) is 21.6. The Morgan fingerprint density at radius 2 is 1.92 bits per heavy atom. The Labute approximate surface area is 211 Å². The van der Waals surface area contributed by atoms with E-state index in [1.807, 2.05) is 6.07 Å². The predicted molar refractivity (Wildman–Crippen MR) is 133 cm³/mol. The molecule has 2 aliphatic heterocycles. The Morgan fingerprint density at radius 3 is 2.62 bits per heavy atom. The van der Waals surface area contributed by atoms with E-state index >= 15 is 0 Å². The number of nitrogens with one attached hydrogen (secondary N) is 1. The number of halogens is 3. The lowest BCUT2D eigenvalue weighted by molar-refractivity contribution is -0.177. The third kappa shape index (κ3) is 4.97. The van der Waals surface area contributed by atoms with Crippen LogP contribution in [0.4, 0.5) is 30.6 Å². The van der Waals surface area contributed by atoms with Crippen LogP contribution in [0.1, 0.15) is 41.1 Å². The molecule has 3 aromatic heterocycles. The second kappa shape index (κ2) is 9.53. The fourth-order valence-corrected chi connectivity index (χ4v) is 5.42. The van der Waals surface area contributed by atoms with Crippen LogP contribution >= 0.6 is 0 Å². The fraction of sp³-hybridized carbons (Fsp3) is 0.542. The molecule has 0 aliphatic carbocycles. The number of pyridine rings is 1. The average Bonchev–Trinajstić information content (AvgIpc) is 3.36. The highest BCUT2D eigenvalue weighted by Crippen LogP contribution is 2.37. The highest BCUT2D eigenvalue weighted by atomic mass is 19.4. The quantitative estimate of drug-likeness (QED) is 0.479. The summed E-state index contributed by atoms with van der Waals surface area (Å²) >= 11 is 0. The first-order valence-electron chi connectivity index (χ1n) is 12.3. The molecular weight excluding hydrogens is 489 g/mol. The van der Waals surface area contributed by atoms with Gasteiger partial charge in [0.25, 0.3) is 5.91 Å². The van der Waals surface area contributed by atoms with Gasteiger partial charge < -0.3 is 31.0 Å². The molecule has 2 saturated heterocycles. The highest BCUT2D eigenvalue weighted by molar-refractivity contribution is 6.15. The summed E-state index contributed by atoms with van der Waals surface area (Å²) in [5.74, 6) is -1.55. The zero-order chi connectivity index (χ0) is 26.5. The number of anilines is 3. The van der Waals surface area contributed by atoms with Crippen molar-refractivity contribution < 1.29 is 22.4 Å². The number of likely N-dealkylation sites (tertiary alicyclic amines) is 1. The van der Waals surface area contributed by atoms with Gasteiger partial charge in [-0.1, -0.05) is 0 Å². The Morgan fingerprint density at radius 1 is 1.19 bits per heavy atom. The lowest BCUT2D eigenvalue weighted by Gasteiger charge is -2.38. The molecule has 2 fully saturated rings. The van der Waals surface area contributed by atoms with E-state index in [-0.39, 0.29) is 36.6 Å². The first kappa shape index (κ1) is 25.3. The molecule has 13 heteroatoms. The number of carbonyl (C=O) groups excluding carboxylic acids is 1. The number of piperidine rings is 2. The second-order valence-electron chi connectivity index (χ2n) is 10.1. The van der Waals surface area contributed by atoms with Crippen molar-refractivity contribution in [1.29, 1.82) is 0 Å². The van der Waals surface area contributed by atoms with Crippen molar-refractivity contribution in [2.75, 3.05) is 49.2 Å². The van der Waals surface area contributed by atoms with Crippen LogP contribution < -0.4 is 21.7 Å². The number of aromatic nitrogens is 3. The molecule has 0 bridgehead atoms. The van der Waals surface area contributed by atoms with Crippen LogP contribution in [0.15, 0.2) is 22.9 Å². The zero-order valence-corrected chi connectivity index (χ0v) is 20.8. The molecule has 2 aliphatic rings. The molecule has 5 N–H and O–H groups in total. The number of fused-ring (bicyclic) bond motifs is 1. The number of rotatable bonds is 4. The van der Waals surface area contributed by atoms with Crippen molar-refractivity contribution in [1.82, 2.24) is 19.7 Å². The number of carbonyl (C=O) groups is 1. The number of furan rings is 1. The topological polar surface area (TPSA) is 131 Å². The Bertz CT molecular complexity index is 1300. The van der Waals surface area contributed by atoms with Crippen molar-refractivity contribution in [3.63, 3.8) is 0 Å². The van der Waals surface area contributed by atoms with Crippen LogP contribution in [-0.4, -0.2) is 71.0 Å². The summed E-state index contributed by atoms with van der Waals surface area (Å²) in [6.45, 7) is 1.91. The molecule has 0 radical (unpaired) electrons. The van der Waals surface area contributed by atoms with E-state index in [2.05, 4.69) is 27.3 Å². The van der Waals surface area contributed by atoms with E-state index < -0.39 is 24.0 Å². The Balaban J connectivity index is 1.39. The number of nitrogens with zero attached hydrogens (tertiary/aromatic N) is 5. The number of nitrogens with two attached hydrogens (primary N) is 2. The maximum Gasteiger partial charge on any atom is 0.393 e. The minimum Gasteiger partial charge on any atom is -0.438 e. The maximum atomic E-state index is 13.5. The molecule has 0 aromatic carbocycles. The molecule has 0 spiro atoms. The third-order valence-corrected chi connectivity index (χ3v) is 7.40. The fourth-order valence-electron chi connectivity index (χ4n) is 5.42. The van der Waals surface area contributed by atoms with Gasteiger partial charge in [0.15, 0.2) is 11.4 Å². The van der Waals surface area contributed by atoms with Gasteiger partial charge in [0.1, 0.15) is 16.8 Å². The molecule has 2 atom stereocenters. The monoisotopic (exact) mass is 520 g/mol. The van der Waals surface area contributed by atoms with Gasteiger partial charge in [-0.3, -0.25) is 14.5 Å². The highest BCUT2D eigenvalue weighted by Gasteiger charge is 2.44. The third-order valence-electron chi connectivity index (χ3n) is 7.40. The summed E-state index contributed by atoms with van der Waals surface area (Å²) in [6, 6.07) is 1.21. The number of nitrogen functional groups attached to an aromatic ring is 1. The van der Waals surface area contributed by atoms with Gasteiger partial charge in [-0.2, -0.15) is 18.3 Å². The molecule has 10 nitrogen and oxygen atoms in total. The molecule has 5 heterocycles. The molecule has 0 saturated carbocycles. The van der Waals surface area contributed by atoms with E-state index in [1.54, 1.807) is 13.2 Å². The molecule has 37 heavy (non-hydrogen) atoms. The van der Waals surface area contributed by atoms with Crippen molar-refractivity contribution >= 4 is 34.4 Å². The van der Waals surface area contributed by atoms with E-state index in [4.69, 9.17) is 15.9 Å². The summed E-state index contributed by atoms with van der Waals surface area (Å²) in [6.07, 6.45) is 0.632. The van der Waals surface area contributed by atoms with Crippen molar-refractivity contribution in [2.24, 2.45) is 18.7 Å². The summed E-state index contributed by atoms with van der Waals surface area (Å²) in [5.41, 5.74) is 14.1. The van der Waals surface area contributed by atoms with Crippen LogP contribution in [0.25, 0.3) is 11.1 Å². The lowest BCUT2D eigenvalue weighted by atomic mass is 9.90. The van der Waals surface area contributed by atoms with E-state index in [0.29, 0.717) is 22.8 Å². The second-order valence-corrected chi connectivity index (χ2v) is 10.1. The van der Waals surface area contributed by atoms with Crippen molar-refractivity contribution in [3.8, 4) is 0 Å². The standard InChI is InChI=1S/C24H31F3N8O2/c1-33-5-3-13(4-6-33)14-7-18-20(30-9-14)19(21(29)37-18)22(36)32-17-10-31-34(2)23(17)35-11-15(24(25,26)27)8-16(28)12-35/h7,9-10,13,15-16H,3-6,8,11-12,28-29H2,1-2H3,(H,32,36)/t15-,16+/m0/s1. The smallest absolute Gasteiger partial charge is 0.393 e. The maximum absolute atomic E-state index is 13.5. The van der Waals surface area contributed by atoms with Crippen LogP contribution in [0.2, 0.25) is 0 Å². The minimum atomic E-state index is -4.37. The average molecular weight is 521 g/mol. The van der Waals surface area contributed by atoms with Gasteiger partial charge in [-0.15, -0.1) is 0 Å². The molecule has 5 rings (SSSR count). The van der Waals surface area contributed by atoms with E-state index in [1.165, 1.54) is 15.8 Å². The Kier molecular flexibility index (Phi) is 6.52. The zero-order valence-electron chi connectivity index (χ0n) is 20.8. The van der Waals surface area contributed by atoms with E-state index in [9.17, 15) is 18.0 Å². The summed E-state index contributed by atoms with van der Waals surface area (Å²) in [7, 11) is 3.69. The summed E-state index contributed by atoms with van der Waals surface area (Å²) < 4.78 is 47.5. The number of hydrogen-bond donors (Lipinski definition) is 3. The van der Waals surface area contributed by atoms with Gasteiger partial charge in [0.2, 0.25) is 5.88 Å². The van der Waals surface area contributed by atoms with Gasteiger partial charge in [-0.25, -0.2) is 0 Å². The minimum absolute atomic E-state index is 0.0724. The first-order chi connectivity index (χ1) is 17.5. The number of hydrogen-bond acceptors (Lipinski definition) is 8. The van der Waals surface area contributed by atoms with Crippen LogP contribution in [-0.2, 0) is 7.05 Å². The molecule has 3 aromatic rings. The van der Waals surface area contributed by atoms with Gasteiger partial charge >= 0.3 is 6.18 Å². The largest absolute Gasteiger partial charge is 0.438 e. The normalized spacial score (nSPS) is 22.1. The number of aryl methyl sites for hydroxylation is 1. The van der Waals surface area contributed by atoms with Crippen LogP contribution in [0.3, 0.4) is 0 Å². The molecule has 0 unspecified atom stereocenters. The van der Waals surface area contributed by atoms with Crippen molar-refractivity contribution in [2.45, 2.75) is 37.4 Å². The molecule has 200 valence electrons. The first-order valence-corrected chi connectivity index (χ1v) is 12.3. The molecular formula is C24H31F3N8O2. The van der Waals surface area contributed by atoms with Crippen LogP contribution in [0, 0.1) is 5.92 Å². The Hall–Kier alpha value is -3.32. The lowest BCUT2D eigenvalue weighted by Crippen LogP contribution is -2.51. The molecule has 1 amide bonds. The van der Waals surface area contributed by atoms with E-state index in [0.717, 1.165) is 31.5 Å². The SMILES string of the molecule is CN1CCC(c2cnc3c(C(=O)Nc4cnn(C)c4N4C[C@H](N)C[C@H](C(F)(F)F)C4)c(N)oc3c2)CC1. The number of amides is 1. The predicted octanol–water partition coefficient (Wildman–Crippen LogP) is 2.92. The number of alkyl halides is 3. The summed E-state index contributed by atoms with van der Waals surface area (Å²) in [5, 5.41) is 6.90. The van der Waals surface area contributed by atoms with Gasteiger partial charge in [-0.05, 0) is 56.9 Å². The van der Waals surface area contributed by atoms with Gasteiger partial charge in [0, 0.05) is 32.4 Å². The van der Waals surface area contributed by atoms with Gasteiger partial charge in [0.05, 0.1) is 12.1 Å². The van der Waals surface area contributed by atoms with Crippen LogP contribution in [0.5, 0.6) is 0 Å².